The first-order chi connectivity index (χ1) is 13.9. The van der Waals surface area contributed by atoms with Gasteiger partial charge in [-0.1, -0.05) is 24.3 Å². The van der Waals surface area contributed by atoms with E-state index in [1.165, 1.54) is 29.4 Å². The molecule has 154 valence electrons. The van der Waals surface area contributed by atoms with E-state index in [0.717, 1.165) is 0 Å². The Labute approximate surface area is 169 Å². The molecule has 3 atom stereocenters. The molecule has 0 spiro atoms. The minimum Gasteiger partial charge on any atom is -0.326 e. The predicted octanol–water partition coefficient (Wildman–Crippen LogP) is 2.01. The summed E-state index contributed by atoms with van der Waals surface area (Å²) in [7, 11) is -3.74. The van der Waals surface area contributed by atoms with E-state index in [1.54, 1.807) is 30.3 Å². The maximum absolute atomic E-state index is 14.3. The monoisotopic (exact) mass is 418 g/mol. The van der Waals surface area contributed by atoms with Crippen LogP contribution in [0.4, 0.5) is 10.1 Å². The van der Waals surface area contributed by atoms with Gasteiger partial charge < -0.3 is 5.32 Å². The molecule has 9 heteroatoms. The van der Waals surface area contributed by atoms with Crippen molar-refractivity contribution >= 4 is 21.6 Å². The molecule has 2 saturated heterocycles. The third kappa shape index (κ3) is 3.91. The summed E-state index contributed by atoms with van der Waals surface area (Å²) < 4.78 is 42.2. The van der Waals surface area contributed by atoms with E-state index in [9.17, 15) is 17.6 Å². The van der Waals surface area contributed by atoms with Crippen molar-refractivity contribution in [2.24, 2.45) is 5.92 Å². The number of hydrogen-bond acceptors (Lipinski definition) is 5. The number of sulfonamides is 1. The summed E-state index contributed by atoms with van der Waals surface area (Å²) in [6.45, 7) is 2.01. The molecule has 2 fully saturated rings. The summed E-state index contributed by atoms with van der Waals surface area (Å²) in [6, 6.07) is 12.5. The normalized spacial score (nSPS) is 24.8. The van der Waals surface area contributed by atoms with Gasteiger partial charge in [0.05, 0.1) is 10.9 Å². The van der Waals surface area contributed by atoms with Crippen LogP contribution in [0.5, 0.6) is 0 Å². The van der Waals surface area contributed by atoms with Gasteiger partial charge in [-0.15, -0.1) is 0 Å². The smallest absolute Gasteiger partial charge is 0.243 e. The second-order valence-electron chi connectivity index (χ2n) is 7.42. The lowest BCUT2D eigenvalue weighted by Gasteiger charge is -2.35. The zero-order valence-corrected chi connectivity index (χ0v) is 16.7. The van der Waals surface area contributed by atoms with Gasteiger partial charge in [-0.25, -0.2) is 18.2 Å². The van der Waals surface area contributed by atoms with Crippen molar-refractivity contribution in [2.45, 2.75) is 30.3 Å². The van der Waals surface area contributed by atoms with Gasteiger partial charge >= 0.3 is 0 Å². The number of nitrogens with zero attached hydrogens (tertiary/aromatic N) is 1. The quantitative estimate of drug-likeness (QED) is 0.707. The van der Waals surface area contributed by atoms with E-state index < -0.39 is 10.0 Å². The fraction of sp³-hybridized carbons (Fsp3) is 0.350. The van der Waals surface area contributed by atoms with Crippen LogP contribution in [0, 0.1) is 11.7 Å². The van der Waals surface area contributed by atoms with Crippen LogP contribution in [-0.2, 0) is 14.8 Å². The lowest BCUT2D eigenvalue weighted by Crippen LogP contribution is -2.47. The van der Waals surface area contributed by atoms with Crippen LogP contribution in [-0.4, -0.2) is 37.8 Å². The SMILES string of the molecule is CC(=O)Nc1cccc(S(=O)(=O)N2CCC3NNC(c4ccccc4F)C3C2)c1. The summed E-state index contributed by atoms with van der Waals surface area (Å²) in [5.41, 5.74) is 7.29. The number of piperidine rings is 1. The van der Waals surface area contributed by atoms with Crippen LogP contribution in [0.3, 0.4) is 0 Å². The molecule has 0 aromatic heterocycles. The highest BCUT2D eigenvalue weighted by Gasteiger charge is 2.44. The summed E-state index contributed by atoms with van der Waals surface area (Å²) in [6.07, 6.45) is 0.618. The molecule has 3 unspecified atom stereocenters. The Morgan fingerprint density at radius 3 is 2.72 bits per heavy atom. The number of halogens is 1. The van der Waals surface area contributed by atoms with Crippen LogP contribution in [0.15, 0.2) is 53.4 Å². The molecule has 2 heterocycles. The second kappa shape index (κ2) is 7.83. The first-order valence-corrected chi connectivity index (χ1v) is 10.9. The third-order valence-corrected chi connectivity index (χ3v) is 7.37. The highest BCUT2D eigenvalue weighted by Crippen LogP contribution is 2.36. The van der Waals surface area contributed by atoms with Crippen LogP contribution >= 0.6 is 0 Å². The van der Waals surface area contributed by atoms with Gasteiger partial charge in [-0.05, 0) is 30.7 Å². The minimum atomic E-state index is -3.74. The zero-order valence-electron chi connectivity index (χ0n) is 15.9. The minimum absolute atomic E-state index is 0.0665. The van der Waals surface area contributed by atoms with Crippen LogP contribution < -0.4 is 16.2 Å². The van der Waals surface area contributed by atoms with E-state index in [2.05, 4.69) is 16.2 Å². The summed E-state index contributed by atoms with van der Waals surface area (Å²) >= 11 is 0. The van der Waals surface area contributed by atoms with Crippen molar-refractivity contribution in [1.29, 1.82) is 0 Å². The fourth-order valence-electron chi connectivity index (χ4n) is 4.11. The molecular weight excluding hydrogens is 395 g/mol. The van der Waals surface area contributed by atoms with Crippen molar-refractivity contribution in [2.75, 3.05) is 18.4 Å². The van der Waals surface area contributed by atoms with Gasteiger partial charge in [0.25, 0.3) is 0 Å². The lowest BCUT2D eigenvalue weighted by molar-refractivity contribution is -0.114. The van der Waals surface area contributed by atoms with Gasteiger partial charge in [-0.2, -0.15) is 4.31 Å². The number of amides is 1. The Kier molecular flexibility index (Phi) is 5.39. The van der Waals surface area contributed by atoms with E-state index in [1.807, 2.05) is 0 Å². The van der Waals surface area contributed by atoms with Crippen LogP contribution in [0.1, 0.15) is 24.9 Å². The molecule has 0 saturated carbocycles. The standard InChI is InChI=1S/C20H23FN4O3S/c1-13(26)22-14-5-4-6-15(11-14)29(27,28)25-10-9-19-17(12-25)20(24-23-19)16-7-2-3-8-18(16)21/h2-8,11,17,19-20,23-24H,9-10,12H2,1H3,(H,22,26). The average molecular weight is 418 g/mol. The molecule has 0 aliphatic carbocycles. The molecule has 1 amide bonds. The molecule has 3 N–H and O–H groups in total. The van der Waals surface area contributed by atoms with Crippen molar-refractivity contribution in [1.82, 2.24) is 15.2 Å². The number of fused-ring (bicyclic) bond motifs is 1. The molecule has 2 aliphatic heterocycles. The number of carbonyl (C=O) groups is 1. The van der Waals surface area contributed by atoms with Gasteiger partial charge in [-0.3, -0.25) is 10.2 Å². The van der Waals surface area contributed by atoms with E-state index in [4.69, 9.17) is 0 Å². The first kappa shape index (κ1) is 20.0. The number of rotatable bonds is 4. The molecule has 2 aliphatic rings. The van der Waals surface area contributed by atoms with Crippen LogP contribution in [0.25, 0.3) is 0 Å². The van der Waals surface area contributed by atoms with Gasteiger partial charge in [0, 0.05) is 43.2 Å². The molecule has 2 aromatic rings. The largest absolute Gasteiger partial charge is 0.326 e. The van der Waals surface area contributed by atoms with E-state index in [-0.39, 0.29) is 41.2 Å². The van der Waals surface area contributed by atoms with Crippen LogP contribution in [0.2, 0.25) is 0 Å². The highest BCUT2D eigenvalue weighted by molar-refractivity contribution is 7.89. The topological polar surface area (TPSA) is 90.5 Å². The molecule has 0 bridgehead atoms. The summed E-state index contributed by atoms with van der Waals surface area (Å²) in [5, 5.41) is 2.61. The zero-order chi connectivity index (χ0) is 20.6. The third-order valence-electron chi connectivity index (χ3n) is 5.51. The van der Waals surface area contributed by atoms with Crippen molar-refractivity contribution in [3.05, 3.63) is 59.9 Å². The Morgan fingerprint density at radius 1 is 1.17 bits per heavy atom. The average Bonchev–Trinajstić information content (AvgIpc) is 3.11. The van der Waals surface area contributed by atoms with Gasteiger partial charge in [0.15, 0.2) is 0 Å². The summed E-state index contributed by atoms with van der Waals surface area (Å²) in [5.74, 6) is -0.680. The molecule has 29 heavy (non-hydrogen) atoms. The van der Waals surface area contributed by atoms with Crippen molar-refractivity contribution in [3.8, 4) is 0 Å². The molecule has 0 radical (unpaired) electrons. The maximum Gasteiger partial charge on any atom is 0.243 e. The number of hydrazine groups is 1. The second-order valence-corrected chi connectivity index (χ2v) is 9.36. The Morgan fingerprint density at radius 2 is 1.97 bits per heavy atom. The molecular formula is C20H23FN4O3S. The van der Waals surface area contributed by atoms with E-state index >= 15 is 0 Å². The van der Waals surface area contributed by atoms with Gasteiger partial charge in [0.1, 0.15) is 5.82 Å². The van der Waals surface area contributed by atoms with Gasteiger partial charge in [0.2, 0.25) is 15.9 Å². The lowest BCUT2D eigenvalue weighted by atomic mass is 9.86. The number of benzene rings is 2. The van der Waals surface area contributed by atoms with Crippen molar-refractivity contribution in [3.63, 3.8) is 0 Å². The Hall–Kier alpha value is -2.33. The van der Waals surface area contributed by atoms with Crippen molar-refractivity contribution < 1.29 is 17.6 Å². The Balaban J connectivity index is 1.59. The number of carbonyl (C=O) groups excluding carboxylic acids is 1. The molecule has 2 aromatic carbocycles. The first-order valence-electron chi connectivity index (χ1n) is 9.49. The highest BCUT2D eigenvalue weighted by atomic mass is 32.2. The number of nitrogens with one attached hydrogen (secondary N) is 3. The Bertz CT molecular complexity index is 1030. The number of hydrogen-bond donors (Lipinski definition) is 3. The molecule has 4 rings (SSSR count). The predicted molar refractivity (Wildman–Crippen MR) is 107 cm³/mol. The summed E-state index contributed by atoms with van der Waals surface area (Å²) in [4.78, 5) is 11.4. The fourth-order valence-corrected chi connectivity index (χ4v) is 5.65. The molecule has 7 nitrogen and oxygen atoms in total. The van der Waals surface area contributed by atoms with E-state index in [0.29, 0.717) is 24.2 Å². The number of anilines is 1. The maximum atomic E-state index is 14.3.